The lowest BCUT2D eigenvalue weighted by molar-refractivity contribution is -0.145. The summed E-state index contributed by atoms with van der Waals surface area (Å²) in [5.41, 5.74) is 7.25. The molecule has 38 heavy (non-hydrogen) atoms. The van der Waals surface area contributed by atoms with E-state index in [2.05, 4.69) is 15.6 Å². The number of nitrogens with one attached hydrogen (secondary N) is 3. The number of H-pyrrole nitrogens is 1. The number of carbonyl (C=O) groups excluding carboxylic acids is 3. The van der Waals surface area contributed by atoms with Gasteiger partial charge in [0.2, 0.25) is 17.7 Å². The highest BCUT2D eigenvalue weighted by molar-refractivity contribution is 5.95. The van der Waals surface area contributed by atoms with Crippen molar-refractivity contribution in [1.29, 1.82) is 0 Å². The van der Waals surface area contributed by atoms with Crippen LogP contribution in [0.1, 0.15) is 45.1 Å². The van der Waals surface area contributed by atoms with Gasteiger partial charge in [0.15, 0.2) is 0 Å². The predicted molar refractivity (Wildman–Crippen MR) is 138 cm³/mol. The van der Waals surface area contributed by atoms with Crippen molar-refractivity contribution < 1.29 is 34.2 Å². The lowest BCUT2D eigenvalue weighted by Crippen LogP contribution is -2.57. The van der Waals surface area contributed by atoms with E-state index in [0.29, 0.717) is 12.8 Å². The molecule has 0 radical (unpaired) electrons. The molecule has 2 aromatic rings. The molecule has 0 aliphatic carbocycles. The molecule has 4 atom stereocenters. The van der Waals surface area contributed by atoms with Crippen LogP contribution in [0.3, 0.4) is 0 Å². The number of hydrogen-bond donors (Lipinski definition) is 6. The quantitative estimate of drug-likeness (QED) is 0.230. The molecule has 0 unspecified atom stereocenters. The van der Waals surface area contributed by atoms with E-state index in [1.54, 1.807) is 6.20 Å². The zero-order valence-electron chi connectivity index (χ0n) is 21.5. The number of hydrogen-bond acceptors (Lipinski definition) is 6. The van der Waals surface area contributed by atoms with Crippen LogP contribution < -0.4 is 16.4 Å². The Kier molecular flexibility index (Phi) is 9.45. The number of nitrogens with two attached hydrogens (primary N) is 1. The van der Waals surface area contributed by atoms with E-state index in [1.165, 1.54) is 4.90 Å². The number of rotatable bonds is 12. The van der Waals surface area contributed by atoms with Crippen molar-refractivity contribution in [1.82, 2.24) is 20.5 Å². The first-order valence-corrected chi connectivity index (χ1v) is 12.6. The average molecular weight is 530 g/mol. The molecule has 3 amide bonds. The number of carbonyl (C=O) groups is 5. The monoisotopic (exact) mass is 529 g/mol. The van der Waals surface area contributed by atoms with E-state index in [4.69, 9.17) is 10.8 Å². The third-order valence-electron chi connectivity index (χ3n) is 6.61. The molecule has 0 bridgehead atoms. The summed E-state index contributed by atoms with van der Waals surface area (Å²) in [5.74, 6) is -4.28. The Labute approximate surface area is 219 Å². The number of aromatic nitrogens is 1. The Morgan fingerprint density at radius 1 is 1.11 bits per heavy atom. The molecule has 1 aliphatic rings. The van der Waals surface area contributed by atoms with Gasteiger partial charge in [0, 0.05) is 30.1 Å². The van der Waals surface area contributed by atoms with Crippen LogP contribution in [0.2, 0.25) is 0 Å². The third-order valence-corrected chi connectivity index (χ3v) is 6.61. The van der Waals surface area contributed by atoms with Crippen molar-refractivity contribution in [3.8, 4) is 0 Å². The summed E-state index contributed by atoms with van der Waals surface area (Å²) in [5, 5.41) is 24.7. The van der Waals surface area contributed by atoms with Gasteiger partial charge in [-0.05, 0) is 36.8 Å². The second-order valence-corrected chi connectivity index (χ2v) is 10.0. The van der Waals surface area contributed by atoms with Crippen LogP contribution in [-0.4, -0.2) is 80.5 Å². The van der Waals surface area contributed by atoms with Crippen LogP contribution in [0.5, 0.6) is 0 Å². The summed E-state index contributed by atoms with van der Waals surface area (Å²) in [7, 11) is 0. The molecular weight excluding hydrogens is 494 g/mol. The SMILES string of the molecule is CC(C)C[C@H](NC(=O)[C@@H](N)CC(=O)O)C(=O)N1CCC[C@H]1C(=O)N[C@@H](Cc1c[nH]c2ccccc12)C(=O)O. The Morgan fingerprint density at radius 3 is 2.47 bits per heavy atom. The van der Waals surface area contributed by atoms with Gasteiger partial charge in [-0.1, -0.05) is 32.0 Å². The molecule has 1 aromatic carbocycles. The second-order valence-electron chi connectivity index (χ2n) is 10.0. The highest BCUT2D eigenvalue weighted by Crippen LogP contribution is 2.22. The fraction of sp³-hybridized carbons (Fsp3) is 0.500. The number of para-hydroxylation sites is 1. The first kappa shape index (κ1) is 28.6. The van der Waals surface area contributed by atoms with Gasteiger partial charge in [-0.15, -0.1) is 0 Å². The lowest BCUT2D eigenvalue weighted by atomic mass is 10.0. The number of carboxylic acid groups (broad SMARTS) is 2. The number of aliphatic carboxylic acids is 2. The number of amides is 3. The van der Waals surface area contributed by atoms with Crippen LogP contribution in [0.15, 0.2) is 30.5 Å². The largest absolute Gasteiger partial charge is 0.481 e. The standard InChI is InChI=1S/C26H35N5O7/c1-14(2)10-19(29-23(34)17(27)12-22(32)33)25(36)31-9-5-8-21(31)24(35)30-20(26(37)38)11-15-13-28-18-7-4-3-6-16(15)18/h3-4,6-7,13-14,17,19-21,28H,5,8-12,27H2,1-2H3,(H,29,34)(H,30,35)(H,32,33)(H,37,38)/t17-,19-,20-,21-/m0/s1. The summed E-state index contributed by atoms with van der Waals surface area (Å²) in [6, 6.07) is 3.01. The summed E-state index contributed by atoms with van der Waals surface area (Å²) >= 11 is 0. The molecule has 12 nitrogen and oxygen atoms in total. The van der Waals surface area contributed by atoms with Crippen molar-refractivity contribution in [2.45, 2.75) is 70.1 Å². The molecule has 206 valence electrons. The van der Waals surface area contributed by atoms with E-state index in [0.717, 1.165) is 16.5 Å². The van der Waals surface area contributed by atoms with Gasteiger partial charge in [0.05, 0.1) is 12.5 Å². The molecule has 1 saturated heterocycles. The molecule has 3 rings (SSSR count). The Balaban J connectivity index is 1.72. The minimum atomic E-state index is -1.33. The Bertz CT molecular complexity index is 1190. The first-order chi connectivity index (χ1) is 18.0. The van der Waals surface area contributed by atoms with Gasteiger partial charge in [0.1, 0.15) is 18.1 Å². The summed E-state index contributed by atoms with van der Waals surface area (Å²) in [6.45, 7) is 3.99. The molecule has 2 heterocycles. The van der Waals surface area contributed by atoms with Crippen molar-refractivity contribution in [2.75, 3.05) is 6.54 Å². The van der Waals surface area contributed by atoms with E-state index in [9.17, 15) is 29.1 Å². The van der Waals surface area contributed by atoms with Gasteiger partial charge in [-0.25, -0.2) is 4.79 Å². The molecule has 1 aromatic heterocycles. The van der Waals surface area contributed by atoms with Gasteiger partial charge < -0.3 is 36.5 Å². The van der Waals surface area contributed by atoms with Gasteiger partial charge in [-0.3, -0.25) is 19.2 Å². The Hall–Kier alpha value is -3.93. The zero-order valence-corrected chi connectivity index (χ0v) is 21.5. The van der Waals surface area contributed by atoms with Gasteiger partial charge >= 0.3 is 11.9 Å². The highest BCUT2D eigenvalue weighted by atomic mass is 16.4. The minimum Gasteiger partial charge on any atom is -0.481 e. The predicted octanol–water partition coefficient (Wildman–Crippen LogP) is 0.604. The highest BCUT2D eigenvalue weighted by Gasteiger charge is 2.39. The molecule has 7 N–H and O–H groups in total. The summed E-state index contributed by atoms with van der Waals surface area (Å²) < 4.78 is 0. The molecule has 12 heteroatoms. The van der Waals surface area contributed by atoms with Crippen LogP contribution >= 0.6 is 0 Å². The fourth-order valence-corrected chi connectivity index (χ4v) is 4.74. The first-order valence-electron chi connectivity index (χ1n) is 12.6. The number of carboxylic acids is 2. The van der Waals surface area contributed by atoms with Crippen LogP contribution in [0.25, 0.3) is 10.9 Å². The third kappa shape index (κ3) is 7.09. The number of benzene rings is 1. The molecule has 0 spiro atoms. The number of fused-ring (bicyclic) bond motifs is 1. The van der Waals surface area contributed by atoms with Crippen molar-refractivity contribution in [3.63, 3.8) is 0 Å². The molecular formula is C26H35N5O7. The normalized spacial score (nSPS) is 17.7. The minimum absolute atomic E-state index is 0.00221. The van der Waals surface area contributed by atoms with Crippen LogP contribution in [0.4, 0.5) is 0 Å². The Morgan fingerprint density at radius 2 is 1.82 bits per heavy atom. The topological polar surface area (TPSA) is 195 Å². The molecule has 0 saturated carbocycles. The average Bonchev–Trinajstić information content (AvgIpc) is 3.49. The maximum absolute atomic E-state index is 13.5. The van der Waals surface area contributed by atoms with Crippen molar-refractivity contribution >= 4 is 40.6 Å². The van der Waals surface area contributed by atoms with Crippen LogP contribution in [0, 0.1) is 5.92 Å². The van der Waals surface area contributed by atoms with E-state index in [-0.39, 0.29) is 25.3 Å². The zero-order chi connectivity index (χ0) is 28.0. The maximum Gasteiger partial charge on any atom is 0.326 e. The van der Waals surface area contributed by atoms with Gasteiger partial charge in [-0.2, -0.15) is 0 Å². The number of nitrogens with zero attached hydrogens (tertiary/aromatic N) is 1. The number of likely N-dealkylation sites (tertiary alicyclic amines) is 1. The van der Waals surface area contributed by atoms with E-state index in [1.807, 2.05) is 38.1 Å². The van der Waals surface area contributed by atoms with Gasteiger partial charge in [0.25, 0.3) is 0 Å². The second kappa shape index (κ2) is 12.5. The molecule has 1 aliphatic heterocycles. The molecule has 1 fully saturated rings. The van der Waals surface area contributed by atoms with E-state index < -0.39 is 60.2 Å². The number of aromatic amines is 1. The summed E-state index contributed by atoms with van der Waals surface area (Å²) in [6.07, 6.45) is 2.32. The van der Waals surface area contributed by atoms with Crippen molar-refractivity contribution in [3.05, 3.63) is 36.0 Å². The summed E-state index contributed by atoms with van der Waals surface area (Å²) in [4.78, 5) is 66.5. The van der Waals surface area contributed by atoms with Crippen LogP contribution in [-0.2, 0) is 30.4 Å². The lowest BCUT2D eigenvalue weighted by Gasteiger charge is -2.30. The maximum atomic E-state index is 13.5. The van der Waals surface area contributed by atoms with E-state index >= 15 is 0 Å². The fourth-order valence-electron chi connectivity index (χ4n) is 4.74. The van der Waals surface area contributed by atoms with Crippen molar-refractivity contribution in [2.24, 2.45) is 11.7 Å². The smallest absolute Gasteiger partial charge is 0.326 e.